The van der Waals surface area contributed by atoms with Crippen LogP contribution in [0.1, 0.15) is 26.7 Å². The first-order chi connectivity index (χ1) is 9.54. The molecule has 2 atom stereocenters. The van der Waals surface area contributed by atoms with E-state index >= 15 is 0 Å². The van der Waals surface area contributed by atoms with E-state index in [1.165, 1.54) is 0 Å². The SMILES string of the molecule is CCCC1C(N(C)C)=NC(C)N=C1N(C)c1cc[nH]c1. The maximum atomic E-state index is 4.79. The molecule has 0 spiro atoms. The van der Waals surface area contributed by atoms with Gasteiger partial charge in [-0.15, -0.1) is 0 Å². The Morgan fingerprint density at radius 1 is 1.20 bits per heavy atom. The zero-order chi connectivity index (χ0) is 14.7. The molecule has 1 aliphatic rings. The Kier molecular flexibility index (Phi) is 4.47. The molecule has 1 aromatic heterocycles. The third kappa shape index (κ3) is 2.86. The van der Waals surface area contributed by atoms with Gasteiger partial charge >= 0.3 is 0 Å². The molecule has 20 heavy (non-hydrogen) atoms. The van der Waals surface area contributed by atoms with Gasteiger partial charge in [0.25, 0.3) is 0 Å². The second-order valence-corrected chi connectivity index (χ2v) is 5.47. The fraction of sp³-hybridized carbons (Fsp3) is 0.600. The number of hydrogen-bond donors (Lipinski definition) is 1. The van der Waals surface area contributed by atoms with Gasteiger partial charge in [-0.3, -0.25) is 0 Å². The van der Waals surface area contributed by atoms with E-state index in [4.69, 9.17) is 9.98 Å². The molecule has 0 saturated heterocycles. The Morgan fingerprint density at radius 3 is 2.45 bits per heavy atom. The third-order valence-electron chi connectivity index (χ3n) is 3.61. The van der Waals surface area contributed by atoms with Crippen LogP contribution in [0, 0.1) is 5.92 Å². The van der Waals surface area contributed by atoms with Crippen LogP contribution >= 0.6 is 0 Å². The van der Waals surface area contributed by atoms with E-state index in [9.17, 15) is 0 Å². The number of aromatic nitrogens is 1. The van der Waals surface area contributed by atoms with Crippen molar-refractivity contribution in [3.05, 3.63) is 18.5 Å². The molecule has 5 heteroatoms. The predicted molar refractivity (Wildman–Crippen MR) is 85.6 cm³/mol. The Hall–Kier alpha value is -1.78. The quantitative estimate of drug-likeness (QED) is 0.921. The van der Waals surface area contributed by atoms with Gasteiger partial charge in [0.1, 0.15) is 17.8 Å². The first-order valence-corrected chi connectivity index (χ1v) is 7.23. The van der Waals surface area contributed by atoms with Crippen molar-refractivity contribution < 1.29 is 0 Å². The van der Waals surface area contributed by atoms with E-state index in [2.05, 4.69) is 48.9 Å². The Bertz CT molecular complexity index is 486. The van der Waals surface area contributed by atoms with E-state index in [-0.39, 0.29) is 12.1 Å². The summed E-state index contributed by atoms with van der Waals surface area (Å²) in [5.74, 6) is 2.51. The topological polar surface area (TPSA) is 47.0 Å². The van der Waals surface area contributed by atoms with Crippen molar-refractivity contribution in [2.45, 2.75) is 32.9 Å². The molecule has 0 aromatic carbocycles. The van der Waals surface area contributed by atoms with Crippen LogP contribution in [0.15, 0.2) is 28.4 Å². The third-order valence-corrected chi connectivity index (χ3v) is 3.61. The van der Waals surface area contributed by atoms with Gasteiger partial charge in [0.05, 0.1) is 11.6 Å². The standard InChI is InChI=1S/C15H25N5/c1-6-7-13-14(19(3)4)17-11(2)18-15(13)20(5)12-8-9-16-10-12/h8-11,13,16H,6-7H2,1-5H3. The number of anilines is 1. The number of amidine groups is 2. The van der Waals surface area contributed by atoms with Crippen LogP contribution in [-0.4, -0.2) is 48.9 Å². The molecule has 0 aliphatic carbocycles. The highest BCUT2D eigenvalue weighted by Crippen LogP contribution is 2.24. The number of rotatable bonds is 3. The summed E-state index contributed by atoms with van der Waals surface area (Å²) in [5, 5.41) is 0. The second kappa shape index (κ2) is 6.11. The molecule has 0 bridgehead atoms. The minimum atomic E-state index is -0.0168. The maximum Gasteiger partial charge on any atom is 0.140 e. The van der Waals surface area contributed by atoms with Crippen LogP contribution in [0.3, 0.4) is 0 Å². The smallest absolute Gasteiger partial charge is 0.140 e. The molecule has 1 aliphatic heterocycles. The highest BCUT2D eigenvalue weighted by molar-refractivity contribution is 6.13. The fourth-order valence-electron chi connectivity index (χ4n) is 2.66. The first-order valence-electron chi connectivity index (χ1n) is 7.23. The van der Waals surface area contributed by atoms with Gasteiger partial charge in [-0.1, -0.05) is 13.3 Å². The molecule has 5 nitrogen and oxygen atoms in total. The lowest BCUT2D eigenvalue weighted by atomic mass is 9.97. The minimum absolute atomic E-state index is 0.0168. The summed E-state index contributed by atoms with van der Waals surface area (Å²) >= 11 is 0. The van der Waals surface area contributed by atoms with Gasteiger partial charge in [-0.25, -0.2) is 9.98 Å². The van der Waals surface area contributed by atoms with Gasteiger partial charge in [0, 0.05) is 33.5 Å². The first kappa shape index (κ1) is 14.6. The number of aromatic amines is 1. The highest BCUT2D eigenvalue weighted by Gasteiger charge is 2.30. The lowest BCUT2D eigenvalue weighted by Crippen LogP contribution is -2.45. The van der Waals surface area contributed by atoms with Crippen molar-refractivity contribution in [3.8, 4) is 0 Å². The van der Waals surface area contributed by atoms with Crippen LogP contribution < -0.4 is 4.90 Å². The summed E-state index contributed by atoms with van der Waals surface area (Å²) in [6.07, 6.45) is 6.10. The molecule has 0 saturated carbocycles. The molecular weight excluding hydrogens is 250 g/mol. The van der Waals surface area contributed by atoms with Gasteiger partial charge < -0.3 is 14.8 Å². The summed E-state index contributed by atoms with van der Waals surface area (Å²) in [6, 6.07) is 2.07. The van der Waals surface area contributed by atoms with Crippen LogP contribution in [0.4, 0.5) is 5.69 Å². The zero-order valence-electron chi connectivity index (χ0n) is 13.1. The number of H-pyrrole nitrogens is 1. The van der Waals surface area contributed by atoms with E-state index in [1.807, 2.05) is 19.3 Å². The van der Waals surface area contributed by atoms with E-state index in [0.29, 0.717) is 0 Å². The summed E-state index contributed by atoms with van der Waals surface area (Å²) in [4.78, 5) is 16.9. The molecule has 2 heterocycles. The van der Waals surface area contributed by atoms with Crippen molar-refractivity contribution in [1.82, 2.24) is 9.88 Å². The Balaban J connectivity index is 2.33. The monoisotopic (exact) mass is 275 g/mol. The molecule has 0 radical (unpaired) electrons. The van der Waals surface area contributed by atoms with Crippen LogP contribution in [-0.2, 0) is 0 Å². The Labute approximate surface area is 121 Å². The fourth-order valence-corrected chi connectivity index (χ4v) is 2.66. The molecule has 2 rings (SSSR count). The number of hydrogen-bond acceptors (Lipinski definition) is 4. The van der Waals surface area contributed by atoms with Crippen LogP contribution in [0.5, 0.6) is 0 Å². The minimum Gasteiger partial charge on any atom is -0.366 e. The number of nitrogens with one attached hydrogen (secondary N) is 1. The summed E-state index contributed by atoms with van der Waals surface area (Å²) in [5.41, 5.74) is 1.14. The lowest BCUT2D eigenvalue weighted by molar-refractivity contribution is 0.542. The van der Waals surface area contributed by atoms with Gasteiger partial charge in [0.15, 0.2) is 0 Å². The van der Waals surface area contributed by atoms with Gasteiger partial charge in [-0.05, 0) is 19.4 Å². The van der Waals surface area contributed by atoms with Crippen molar-refractivity contribution in [3.63, 3.8) is 0 Å². The predicted octanol–water partition coefficient (Wildman–Crippen LogP) is 2.59. The van der Waals surface area contributed by atoms with E-state index < -0.39 is 0 Å². The summed E-state index contributed by atoms with van der Waals surface area (Å²) in [6.45, 7) is 4.25. The summed E-state index contributed by atoms with van der Waals surface area (Å²) in [7, 11) is 6.21. The average Bonchev–Trinajstić information content (AvgIpc) is 2.93. The Morgan fingerprint density at radius 2 is 1.90 bits per heavy atom. The maximum absolute atomic E-state index is 4.79. The molecule has 110 valence electrons. The second-order valence-electron chi connectivity index (χ2n) is 5.47. The normalized spacial score (nSPS) is 22.2. The molecule has 1 N–H and O–H groups in total. The number of nitrogens with zero attached hydrogens (tertiary/aromatic N) is 4. The zero-order valence-corrected chi connectivity index (χ0v) is 13.1. The van der Waals surface area contributed by atoms with Crippen molar-refractivity contribution in [2.75, 3.05) is 26.0 Å². The van der Waals surface area contributed by atoms with E-state index in [1.54, 1.807) is 0 Å². The molecule has 0 amide bonds. The van der Waals surface area contributed by atoms with Crippen molar-refractivity contribution in [2.24, 2.45) is 15.9 Å². The van der Waals surface area contributed by atoms with Gasteiger partial charge in [-0.2, -0.15) is 0 Å². The van der Waals surface area contributed by atoms with Crippen LogP contribution in [0.2, 0.25) is 0 Å². The van der Waals surface area contributed by atoms with Crippen molar-refractivity contribution >= 4 is 17.4 Å². The van der Waals surface area contributed by atoms with E-state index in [0.717, 1.165) is 30.2 Å². The van der Waals surface area contributed by atoms with Gasteiger partial charge in [0.2, 0.25) is 0 Å². The highest BCUT2D eigenvalue weighted by atomic mass is 15.3. The van der Waals surface area contributed by atoms with Crippen molar-refractivity contribution in [1.29, 1.82) is 0 Å². The molecular formula is C15H25N5. The largest absolute Gasteiger partial charge is 0.366 e. The lowest BCUT2D eigenvalue weighted by Gasteiger charge is -2.34. The molecule has 2 unspecified atom stereocenters. The molecule has 0 fully saturated rings. The van der Waals surface area contributed by atoms with Crippen LogP contribution in [0.25, 0.3) is 0 Å². The summed E-state index contributed by atoms with van der Waals surface area (Å²) < 4.78 is 0. The average molecular weight is 275 g/mol. The number of aliphatic imine (C=N–C) groups is 2. The molecule has 1 aromatic rings.